The van der Waals surface area contributed by atoms with Gasteiger partial charge < -0.3 is 14.9 Å². The van der Waals surface area contributed by atoms with Crippen LogP contribution < -0.4 is 0 Å². The Morgan fingerprint density at radius 3 is 2.62 bits per heavy atom. The van der Waals surface area contributed by atoms with Gasteiger partial charge >= 0.3 is 6.02 Å². The maximum absolute atomic E-state index is 8.92. The van der Waals surface area contributed by atoms with Crippen LogP contribution in [0.4, 0.5) is 0 Å². The fourth-order valence-electron chi connectivity index (χ4n) is 0.500. The SMILES string of the molecule is C=NC(=NC(=C)C)OCC(O)CO. The fraction of sp³-hybridized carbons (Fsp3) is 0.500. The zero-order chi connectivity index (χ0) is 10.3. The van der Waals surface area contributed by atoms with E-state index in [1.807, 2.05) is 0 Å². The van der Waals surface area contributed by atoms with Crippen LogP contribution in [0.5, 0.6) is 0 Å². The molecule has 0 radical (unpaired) electrons. The van der Waals surface area contributed by atoms with Crippen LogP contribution in [0.2, 0.25) is 0 Å². The highest BCUT2D eigenvalue weighted by molar-refractivity contribution is 5.79. The lowest BCUT2D eigenvalue weighted by Gasteiger charge is -2.08. The minimum Gasteiger partial charge on any atom is -0.461 e. The second kappa shape index (κ2) is 6.33. The van der Waals surface area contributed by atoms with E-state index < -0.39 is 6.10 Å². The minimum absolute atomic E-state index is 0.0417. The molecule has 0 heterocycles. The summed E-state index contributed by atoms with van der Waals surface area (Å²) in [6.45, 7) is 8.00. The number of ether oxygens (including phenoxy) is 1. The Hall–Kier alpha value is -1.20. The van der Waals surface area contributed by atoms with Crippen LogP contribution >= 0.6 is 0 Å². The van der Waals surface area contributed by atoms with Crippen LogP contribution in [0.3, 0.4) is 0 Å². The summed E-state index contributed by atoms with van der Waals surface area (Å²) >= 11 is 0. The zero-order valence-corrected chi connectivity index (χ0v) is 7.60. The van der Waals surface area contributed by atoms with E-state index in [0.29, 0.717) is 5.70 Å². The summed E-state index contributed by atoms with van der Waals surface area (Å²) in [5, 5.41) is 17.4. The van der Waals surface area contributed by atoms with Gasteiger partial charge in [-0.2, -0.15) is 0 Å². The van der Waals surface area contributed by atoms with Gasteiger partial charge in [-0.3, -0.25) is 0 Å². The predicted octanol–water partition coefficient (Wildman–Crippen LogP) is -0.0536. The van der Waals surface area contributed by atoms with Gasteiger partial charge in [-0.15, -0.1) is 0 Å². The molecule has 0 rings (SSSR count). The first-order chi connectivity index (χ1) is 6.10. The second-order valence-electron chi connectivity index (χ2n) is 2.44. The summed E-state index contributed by atoms with van der Waals surface area (Å²) in [6, 6.07) is 0.0417. The van der Waals surface area contributed by atoms with Crippen LogP contribution in [0.15, 0.2) is 22.3 Å². The Morgan fingerprint density at radius 1 is 1.62 bits per heavy atom. The highest BCUT2D eigenvalue weighted by Crippen LogP contribution is 1.94. The third-order valence-electron chi connectivity index (χ3n) is 1.04. The van der Waals surface area contributed by atoms with Crippen molar-refractivity contribution in [3.63, 3.8) is 0 Å². The number of allylic oxidation sites excluding steroid dienone is 1. The standard InChI is InChI=1S/C8H14N2O3/c1-6(2)10-8(9-3)13-5-7(12)4-11/h7,11-12H,1,3-5H2,2H3. The number of nitrogens with zero attached hydrogens (tertiary/aromatic N) is 2. The van der Waals surface area contributed by atoms with Crippen molar-refractivity contribution in [2.45, 2.75) is 13.0 Å². The highest BCUT2D eigenvalue weighted by Gasteiger charge is 2.04. The summed E-state index contributed by atoms with van der Waals surface area (Å²) in [4.78, 5) is 7.24. The molecule has 0 fully saturated rings. The molecule has 74 valence electrons. The number of aliphatic imine (C=N–C) groups is 2. The lowest BCUT2D eigenvalue weighted by molar-refractivity contribution is 0.0491. The van der Waals surface area contributed by atoms with Crippen LogP contribution in [0, 0.1) is 0 Å². The molecule has 13 heavy (non-hydrogen) atoms. The van der Waals surface area contributed by atoms with Crippen molar-refractivity contribution in [3.8, 4) is 0 Å². The third-order valence-corrected chi connectivity index (χ3v) is 1.04. The summed E-state index contributed by atoms with van der Waals surface area (Å²) < 4.78 is 4.90. The van der Waals surface area contributed by atoms with E-state index in [4.69, 9.17) is 14.9 Å². The Balaban J connectivity index is 3.99. The molecule has 0 saturated heterocycles. The average Bonchev–Trinajstić information content (AvgIpc) is 2.10. The van der Waals surface area contributed by atoms with Crippen molar-refractivity contribution in [2.75, 3.05) is 13.2 Å². The van der Waals surface area contributed by atoms with Crippen LogP contribution in [-0.2, 0) is 4.74 Å². The van der Waals surface area contributed by atoms with Crippen molar-refractivity contribution in [1.29, 1.82) is 0 Å². The number of aliphatic hydroxyl groups is 2. The Morgan fingerprint density at radius 2 is 2.23 bits per heavy atom. The van der Waals surface area contributed by atoms with Crippen LogP contribution in [0.1, 0.15) is 6.92 Å². The van der Waals surface area contributed by atoms with Gasteiger partial charge in [-0.25, -0.2) is 9.98 Å². The van der Waals surface area contributed by atoms with Crippen molar-refractivity contribution in [2.24, 2.45) is 9.98 Å². The number of aliphatic hydroxyl groups excluding tert-OH is 2. The number of hydrogen-bond donors (Lipinski definition) is 2. The minimum atomic E-state index is -0.933. The summed E-state index contributed by atoms with van der Waals surface area (Å²) in [5.74, 6) is 0. The molecule has 0 spiro atoms. The van der Waals surface area contributed by atoms with E-state index in [0.717, 1.165) is 0 Å². The molecule has 1 atom stereocenters. The van der Waals surface area contributed by atoms with Gasteiger partial charge in [0, 0.05) is 5.70 Å². The largest absolute Gasteiger partial charge is 0.461 e. The Labute approximate surface area is 77.1 Å². The molecule has 0 aliphatic rings. The van der Waals surface area contributed by atoms with E-state index in [1.54, 1.807) is 6.92 Å². The molecule has 0 saturated carbocycles. The molecule has 1 unspecified atom stereocenters. The first-order valence-corrected chi connectivity index (χ1v) is 3.72. The molecule has 0 aliphatic carbocycles. The summed E-state index contributed by atoms with van der Waals surface area (Å²) in [7, 11) is 0. The molecule has 0 aromatic heterocycles. The van der Waals surface area contributed by atoms with E-state index in [2.05, 4.69) is 23.3 Å². The topological polar surface area (TPSA) is 74.4 Å². The molecule has 0 aromatic rings. The molecule has 0 aliphatic heterocycles. The smallest absolute Gasteiger partial charge is 0.316 e. The van der Waals surface area contributed by atoms with E-state index >= 15 is 0 Å². The van der Waals surface area contributed by atoms with Crippen LogP contribution in [-0.4, -0.2) is 42.3 Å². The first kappa shape index (κ1) is 11.8. The normalized spacial score (nSPS) is 13.6. The van der Waals surface area contributed by atoms with Gasteiger partial charge in [0.1, 0.15) is 12.7 Å². The van der Waals surface area contributed by atoms with Crippen molar-refractivity contribution in [3.05, 3.63) is 12.3 Å². The lowest BCUT2D eigenvalue weighted by atomic mass is 10.4. The number of hydrogen-bond acceptors (Lipinski definition) is 4. The third kappa shape index (κ3) is 6.01. The molecule has 5 heteroatoms. The van der Waals surface area contributed by atoms with Crippen molar-refractivity contribution >= 4 is 12.7 Å². The monoisotopic (exact) mass is 186 g/mol. The molecule has 5 nitrogen and oxygen atoms in total. The molecular formula is C8H14N2O3. The second-order valence-corrected chi connectivity index (χ2v) is 2.44. The molecular weight excluding hydrogens is 172 g/mol. The zero-order valence-electron chi connectivity index (χ0n) is 7.60. The number of amidine groups is 1. The van der Waals surface area contributed by atoms with Crippen LogP contribution in [0.25, 0.3) is 0 Å². The first-order valence-electron chi connectivity index (χ1n) is 3.72. The van der Waals surface area contributed by atoms with Crippen molar-refractivity contribution in [1.82, 2.24) is 0 Å². The maximum atomic E-state index is 8.92. The predicted molar refractivity (Wildman–Crippen MR) is 50.8 cm³/mol. The quantitative estimate of drug-likeness (QED) is 0.477. The Bertz CT molecular complexity index is 213. The average molecular weight is 186 g/mol. The van der Waals surface area contributed by atoms with Gasteiger partial charge in [0.05, 0.1) is 6.61 Å². The molecule has 2 N–H and O–H groups in total. The maximum Gasteiger partial charge on any atom is 0.316 e. The number of rotatable bonds is 4. The van der Waals surface area contributed by atoms with E-state index in [-0.39, 0.29) is 19.2 Å². The van der Waals surface area contributed by atoms with Gasteiger partial charge in [0.25, 0.3) is 0 Å². The van der Waals surface area contributed by atoms with Crippen molar-refractivity contribution < 1.29 is 14.9 Å². The fourth-order valence-corrected chi connectivity index (χ4v) is 0.500. The summed E-state index contributed by atoms with van der Waals surface area (Å²) in [6.07, 6.45) is -0.933. The lowest BCUT2D eigenvalue weighted by Crippen LogP contribution is -2.21. The Kier molecular flexibility index (Phi) is 5.75. The highest BCUT2D eigenvalue weighted by atomic mass is 16.5. The molecule has 0 aromatic carbocycles. The van der Waals surface area contributed by atoms with Gasteiger partial charge in [-0.1, -0.05) is 6.58 Å². The summed E-state index contributed by atoms with van der Waals surface area (Å²) in [5.41, 5.74) is 0.529. The van der Waals surface area contributed by atoms with E-state index in [9.17, 15) is 0 Å². The van der Waals surface area contributed by atoms with Gasteiger partial charge in [-0.05, 0) is 13.6 Å². The molecule has 0 bridgehead atoms. The molecule has 0 amide bonds. The van der Waals surface area contributed by atoms with E-state index in [1.165, 1.54) is 0 Å². The van der Waals surface area contributed by atoms with Gasteiger partial charge in [0.2, 0.25) is 0 Å². The van der Waals surface area contributed by atoms with Gasteiger partial charge in [0.15, 0.2) is 0 Å².